The highest BCUT2D eigenvalue weighted by molar-refractivity contribution is 9.10. The number of amides is 1. The molecule has 5 nitrogen and oxygen atoms in total. The average Bonchev–Trinajstić information content (AvgIpc) is 3.24. The number of unbranched alkanes of at least 4 members (excludes halogenated alkanes) is 1. The number of benzene rings is 3. The van der Waals surface area contributed by atoms with E-state index in [0.717, 1.165) is 59.3 Å². The molecule has 0 bridgehead atoms. The maximum Gasteiger partial charge on any atom is 0.251 e. The van der Waals surface area contributed by atoms with E-state index in [1.807, 2.05) is 30.3 Å². The molecule has 0 spiro atoms. The molecule has 0 saturated heterocycles. The summed E-state index contributed by atoms with van der Waals surface area (Å²) in [6.07, 6.45) is 3.63. The Morgan fingerprint density at radius 2 is 1.81 bits per heavy atom. The second-order valence-corrected chi connectivity index (χ2v) is 10.7. The molecule has 194 valence electrons. The number of para-hydroxylation sites is 2. The van der Waals surface area contributed by atoms with Crippen LogP contribution in [-0.4, -0.2) is 28.6 Å². The minimum atomic E-state index is -0.0461. The maximum atomic E-state index is 12.4. The predicted molar refractivity (Wildman–Crippen MR) is 155 cm³/mol. The largest absolute Gasteiger partial charge is 0.493 e. The summed E-state index contributed by atoms with van der Waals surface area (Å²) >= 11 is 3.41. The Morgan fingerprint density at radius 3 is 2.59 bits per heavy atom. The molecular weight excluding hydrogens is 526 g/mol. The van der Waals surface area contributed by atoms with Gasteiger partial charge in [0.05, 0.1) is 17.6 Å². The zero-order valence-electron chi connectivity index (χ0n) is 22.0. The van der Waals surface area contributed by atoms with Gasteiger partial charge < -0.3 is 14.6 Å². The zero-order chi connectivity index (χ0) is 26.2. The van der Waals surface area contributed by atoms with Crippen molar-refractivity contribution in [3.8, 4) is 5.75 Å². The van der Waals surface area contributed by atoms with Gasteiger partial charge in [-0.25, -0.2) is 4.98 Å². The minimum absolute atomic E-state index is 0.0461. The molecule has 6 heteroatoms. The number of nitrogens with zero attached hydrogens (tertiary/aromatic N) is 2. The van der Waals surface area contributed by atoms with E-state index >= 15 is 0 Å². The summed E-state index contributed by atoms with van der Waals surface area (Å²) in [6.45, 7) is 8.73. The van der Waals surface area contributed by atoms with Crippen LogP contribution in [0.4, 0.5) is 0 Å². The standard InChI is InChI=1S/C31H36BrN3O2/c1-22(2)26-17-12-23(3)21-29(26)37-20-7-6-19-35-28-10-5-4-9-27(28)34-30(35)11-8-18-33-31(36)24-13-15-25(32)16-14-24/h4-5,9-10,12-17,21-22H,6-8,11,18-20H2,1-3H3,(H,33,36). The first kappa shape index (κ1) is 26.9. The van der Waals surface area contributed by atoms with Crippen molar-refractivity contribution in [3.05, 3.63) is 93.7 Å². The molecule has 0 aliphatic rings. The molecule has 4 rings (SSSR count). The second-order valence-electron chi connectivity index (χ2n) is 9.79. The van der Waals surface area contributed by atoms with Crippen LogP contribution in [0.2, 0.25) is 0 Å². The number of fused-ring (bicyclic) bond motifs is 1. The number of ether oxygens (including phenoxy) is 1. The van der Waals surface area contributed by atoms with Crippen LogP contribution in [0, 0.1) is 6.92 Å². The third-order valence-electron chi connectivity index (χ3n) is 6.53. The predicted octanol–water partition coefficient (Wildman–Crippen LogP) is 7.45. The Morgan fingerprint density at radius 1 is 1.03 bits per heavy atom. The first-order valence-electron chi connectivity index (χ1n) is 13.1. The van der Waals surface area contributed by atoms with Gasteiger partial charge in [0.15, 0.2) is 0 Å². The number of nitrogens with one attached hydrogen (secondary N) is 1. The lowest BCUT2D eigenvalue weighted by molar-refractivity contribution is 0.0953. The Hall–Kier alpha value is -3.12. The molecule has 4 aromatic rings. The van der Waals surface area contributed by atoms with Gasteiger partial charge in [-0.05, 0) is 85.7 Å². The minimum Gasteiger partial charge on any atom is -0.493 e. The van der Waals surface area contributed by atoms with Crippen molar-refractivity contribution < 1.29 is 9.53 Å². The van der Waals surface area contributed by atoms with E-state index in [-0.39, 0.29) is 5.91 Å². The van der Waals surface area contributed by atoms with Crippen molar-refractivity contribution in [2.24, 2.45) is 0 Å². The Balaban J connectivity index is 1.30. The van der Waals surface area contributed by atoms with Crippen LogP contribution in [0.15, 0.2) is 71.2 Å². The highest BCUT2D eigenvalue weighted by atomic mass is 79.9. The van der Waals surface area contributed by atoms with Crippen LogP contribution in [0.25, 0.3) is 11.0 Å². The Labute approximate surface area is 228 Å². The number of carbonyl (C=O) groups excluding carboxylic acids is 1. The summed E-state index contributed by atoms with van der Waals surface area (Å²) in [5.74, 6) is 2.47. The van der Waals surface area contributed by atoms with Crippen LogP contribution < -0.4 is 10.1 Å². The molecule has 0 saturated carbocycles. The molecule has 0 atom stereocenters. The van der Waals surface area contributed by atoms with Gasteiger partial charge in [-0.3, -0.25) is 4.79 Å². The number of carbonyl (C=O) groups is 1. The van der Waals surface area contributed by atoms with Crippen molar-refractivity contribution >= 4 is 32.9 Å². The van der Waals surface area contributed by atoms with Crippen molar-refractivity contribution in [1.82, 2.24) is 14.9 Å². The van der Waals surface area contributed by atoms with E-state index in [9.17, 15) is 4.79 Å². The molecule has 0 radical (unpaired) electrons. The molecule has 0 unspecified atom stereocenters. The fourth-order valence-corrected chi connectivity index (χ4v) is 4.78. The Bertz CT molecular complexity index is 1330. The number of aromatic nitrogens is 2. The number of rotatable bonds is 12. The number of halogens is 1. The summed E-state index contributed by atoms with van der Waals surface area (Å²) in [7, 11) is 0. The Kier molecular flexibility index (Phi) is 9.40. The second kappa shape index (κ2) is 12.9. The normalized spacial score (nSPS) is 11.3. The van der Waals surface area contributed by atoms with Crippen LogP contribution in [0.3, 0.4) is 0 Å². The van der Waals surface area contributed by atoms with Crippen molar-refractivity contribution in [2.45, 2.75) is 58.9 Å². The number of aryl methyl sites for hydroxylation is 3. The van der Waals surface area contributed by atoms with Crippen molar-refractivity contribution in [1.29, 1.82) is 0 Å². The molecule has 1 amide bonds. The van der Waals surface area contributed by atoms with E-state index in [1.54, 1.807) is 0 Å². The molecule has 0 fully saturated rings. The van der Waals surface area contributed by atoms with Crippen LogP contribution in [0.5, 0.6) is 5.75 Å². The highest BCUT2D eigenvalue weighted by Crippen LogP contribution is 2.27. The summed E-state index contributed by atoms with van der Waals surface area (Å²) in [5, 5.41) is 3.03. The first-order chi connectivity index (χ1) is 17.9. The molecular formula is C31H36BrN3O2. The molecule has 37 heavy (non-hydrogen) atoms. The fraction of sp³-hybridized carbons (Fsp3) is 0.355. The highest BCUT2D eigenvalue weighted by Gasteiger charge is 2.12. The first-order valence-corrected chi connectivity index (χ1v) is 13.9. The lowest BCUT2D eigenvalue weighted by atomic mass is 10.0. The number of hydrogen-bond acceptors (Lipinski definition) is 3. The third kappa shape index (κ3) is 7.22. The van der Waals surface area contributed by atoms with Gasteiger partial charge in [0.1, 0.15) is 11.6 Å². The van der Waals surface area contributed by atoms with Crippen molar-refractivity contribution in [3.63, 3.8) is 0 Å². The molecule has 1 aromatic heterocycles. The zero-order valence-corrected chi connectivity index (χ0v) is 23.6. The van der Waals surface area contributed by atoms with Gasteiger partial charge in [-0.2, -0.15) is 0 Å². The van der Waals surface area contributed by atoms with Crippen LogP contribution >= 0.6 is 15.9 Å². The van der Waals surface area contributed by atoms with E-state index in [1.165, 1.54) is 11.1 Å². The van der Waals surface area contributed by atoms with Gasteiger partial charge in [-0.1, -0.05) is 54.0 Å². The lowest BCUT2D eigenvalue weighted by Gasteiger charge is -2.15. The van der Waals surface area contributed by atoms with Crippen molar-refractivity contribution in [2.75, 3.05) is 13.2 Å². The lowest BCUT2D eigenvalue weighted by Crippen LogP contribution is -2.25. The van der Waals surface area contributed by atoms with Gasteiger partial charge in [0.25, 0.3) is 5.91 Å². The van der Waals surface area contributed by atoms with E-state index in [2.05, 4.69) is 83.0 Å². The average molecular weight is 563 g/mol. The molecule has 1 heterocycles. The quantitative estimate of drug-likeness (QED) is 0.183. The maximum absolute atomic E-state index is 12.4. The topological polar surface area (TPSA) is 56.1 Å². The van der Waals surface area contributed by atoms with Gasteiger partial charge in [-0.15, -0.1) is 0 Å². The molecule has 0 aliphatic carbocycles. The molecule has 3 aromatic carbocycles. The fourth-order valence-electron chi connectivity index (χ4n) is 4.52. The third-order valence-corrected chi connectivity index (χ3v) is 7.06. The molecule has 0 aliphatic heterocycles. The van der Waals surface area contributed by atoms with Gasteiger partial charge >= 0.3 is 0 Å². The smallest absolute Gasteiger partial charge is 0.251 e. The summed E-state index contributed by atoms with van der Waals surface area (Å²) in [4.78, 5) is 17.3. The monoisotopic (exact) mass is 561 g/mol. The number of hydrogen-bond donors (Lipinski definition) is 1. The number of imidazole rings is 1. The summed E-state index contributed by atoms with van der Waals surface area (Å²) in [6, 6.07) is 22.2. The van der Waals surface area contributed by atoms with E-state index in [4.69, 9.17) is 9.72 Å². The van der Waals surface area contributed by atoms with Crippen LogP contribution in [-0.2, 0) is 13.0 Å². The summed E-state index contributed by atoms with van der Waals surface area (Å²) < 4.78 is 9.49. The van der Waals surface area contributed by atoms with E-state index < -0.39 is 0 Å². The SMILES string of the molecule is Cc1ccc(C(C)C)c(OCCCCn2c(CCCNC(=O)c3ccc(Br)cc3)nc3ccccc32)c1. The summed E-state index contributed by atoms with van der Waals surface area (Å²) in [5.41, 5.74) is 5.35. The van der Waals surface area contributed by atoms with E-state index in [0.29, 0.717) is 24.6 Å². The molecule has 1 N–H and O–H groups in total. The van der Waals surface area contributed by atoms with Crippen LogP contribution in [0.1, 0.15) is 66.3 Å². The van der Waals surface area contributed by atoms with Gasteiger partial charge in [0, 0.05) is 29.5 Å². The van der Waals surface area contributed by atoms with Gasteiger partial charge in [0.2, 0.25) is 0 Å².